The molecule has 4 rings (SSSR count). The van der Waals surface area contributed by atoms with Gasteiger partial charge < -0.3 is 9.47 Å². The zero-order valence-electron chi connectivity index (χ0n) is 11.4. The lowest BCUT2D eigenvalue weighted by molar-refractivity contribution is -0.167. The predicted octanol–water partition coefficient (Wildman–Crippen LogP) is 2.85. The lowest BCUT2D eigenvalue weighted by atomic mass is 9.75. The molecule has 0 amide bonds. The number of rotatable bonds is 1. The summed E-state index contributed by atoms with van der Waals surface area (Å²) in [4.78, 5) is 12.2. The molecule has 2 atom stereocenters. The van der Waals surface area contributed by atoms with Gasteiger partial charge in [0.2, 0.25) is 5.60 Å². The highest BCUT2D eigenvalue weighted by Crippen LogP contribution is 2.71. The molecule has 0 aromatic heterocycles. The molecular formula is C16H18O3. The van der Waals surface area contributed by atoms with E-state index in [1.54, 1.807) is 0 Å². The van der Waals surface area contributed by atoms with Gasteiger partial charge in [0.15, 0.2) is 5.60 Å². The Morgan fingerprint density at radius 1 is 1.11 bits per heavy atom. The third kappa shape index (κ3) is 1.11. The molecule has 0 N–H and O–H groups in total. The molecule has 2 heterocycles. The van der Waals surface area contributed by atoms with E-state index >= 15 is 0 Å². The van der Waals surface area contributed by atoms with Gasteiger partial charge in [-0.05, 0) is 45.1 Å². The third-order valence-corrected chi connectivity index (χ3v) is 5.18. The molecular weight excluding hydrogens is 240 g/mol. The average Bonchev–Trinajstić information content (AvgIpc) is 2.75. The van der Waals surface area contributed by atoms with Crippen LogP contribution in [0.3, 0.4) is 0 Å². The maximum absolute atomic E-state index is 12.2. The number of carbonyl (C=O) groups is 1. The Kier molecular flexibility index (Phi) is 1.94. The zero-order chi connectivity index (χ0) is 13.3. The molecule has 1 saturated carbocycles. The van der Waals surface area contributed by atoms with E-state index in [0.717, 1.165) is 31.2 Å². The summed E-state index contributed by atoms with van der Waals surface area (Å²) >= 11 is 0. The number of ether oxygens (including phenoxy) is 2. The summed E-state index contributed by atoms with van der Waals surface area (Å²) in [5.74, 6) is -0.185. The van der Waals surface area contributed by atoms with E-state index < -0.39 is 16.8 Å². The number of aryl methyl sites for hydroxylation is 1. The van der Waals surface area contributed by atoms with Crippen molar-refractivity contribution in [1.82, 2.24) is 0 Å². The topological polar surface area (TPSA) is 38.8 Å². The van der Waals surface area contributed by atoms with Crippen LogP contribution in [0.5, 0.6) is 0 Å². The van der Waals surface area contributed by atoms with E-state index in [-0.39, 0.29) is 5.97 Å². The summed E-state index contributed by atoms with van der Waals surface area (Å²) in [6, 6.07) is 8.33. The van der Waals surface area contributed by atoms with Gasteiger partial charge in [0.1, 0.15) is 5.60 Å². The molecule has 2 aliphatic heterocycles. The average molecular weight is 258 g/mol. The molecule has 1 aromatic carbocycles. The first-order valence-corrected chi connectivity index (χ1v) is 7.05. The highest BCUT2D eigenvalue weighted by atomic mass is 16.7. The highest BCUT2D eigenvalue weighted by molar-refractivity contribution is 5.89. The summed E-state index contributed by atoms with van der Waals surface area (Å²) in [6.07, 6.45) is 4.06. The first kappa shape index (κ1) is 11.5. The van der Waals surface area contributed by atoms with Crippen molar-refractivity contribution >= 4 is 5.97 Å². The van der Waals surface area contributed by atoms with Crippen molar-refractivity contribution in [2.24, 2.45) is 0 Å². The molecule has 1 spiro atoms. The van der Waals surface area contributed by atoms with Crippen LogP contribution in [0.15, 0.2) is 24.3 Å². The quantitative estimate of drug-likeness (QED) is 0.574. The van der Waals surface area contributed by atoms with Crippen molar-refractivity contribution in [3.8, 4) is 0 Å². The zero-order valence-corrected chi connectivity index (χ0v) is 11.4. The van der Waals surface area contributed by atoms with E-state index in [4.69, 9.17) is 9.47 Å². The minimum atomic E-state index is -0.771. The molecule has 19 heavy (non-hydrogen) atoms. The first-order chi connectivity index (χ1) is 9.04. The van der Waals surface area contributed by atoms with Gasteiger partial charge in [0.05, 0.1) is 0 Å². The first-order valence-electron chi connectivity index (χ1n) is 7.05. The van der Waals surface area contributed by atoms with Gasteiger partial charge in [-0.3, -0.25) is 0 Å². The standard InChI is InChI=1S/C16H18O3/c1-11-5-7-12(8-6-11)16-14(2,19-16)13(17)18-15(16)9-3-4-10-15/h5-8H,3-4,9-10H2,1-2H3/t14-,16-/m0/s1. The Bertz CT molecular complexity index is 556. The molecule has 3 aliphatic rings. The predicted molar refractivity (Wildman–Crippen MR) is 69.6 cm³/mol. The van der Waals surface area contributed by atoms with Crippen molar-refractivity contribution in [1.29, 1.82) is 0 Å². The van der Waals surface area contributed by atoms with Gasteiger partial charge in [-0.1, -0.05) is 29.8 Å². The van der Waals surface area contributed by atoms with Crippen molar-refractivity contribution in [3.05, 3.63) is 35.4 Å². The van der Waals surface area contributed by atoms with Crippen molar-refractivity contribution in [2.75, 3.05) is 0 Å². The lowest BCUT2D eigenvalue weighted by Crippen LogP contribution is -2.40. The van der Waals surface area contributed by atoms with Gasteiger partial charge in [-0.15, -0.1) is 0 Å². The van der Waals surface area contributed by atoms with Gasteiger partial charge in [-0.2, -0.15) is 0 Å². The minimum Gasteiger partial charge on any atom is -0.453 e. The van der Waals surface area contributed by atoms with E-state index in [9.17, 15) is 4.79 Å². The van der Waals surface area contributed by atoms with E-state index in [0.29, 0.717) is 0 Å². The lowest BCUT2D eigenvalue weighted by Gasteiger charge is -2.31. The molecule has 0 radical (unpaired) electrons. The molecule has 0 unspecified atom stereocenters. The Morgan fingerprint density at radius 2 is 1.74 bits per heavy atom. The van der Waals surface area contributed by atoms with Crippen molar-refractivity contribution < 1.29 is 14.3 Å². The smallest absolute Gasteiger partial charge is 0.342 e. The van der Waals surface area contributed by atoms with E-state index in [1.165, 1.54) is 5.56 Å². The van der Waals surface area contributed by atoms with Crippen LogP contribution in [0.1, 0.15) is 43.7 Å². The summed E-state index contributed by atoms with van der Waals surface area (Å²) in [6.45, 7) is 3.94. The molecule has 2 saturated heterocycles. The summed E-state index contributed by atoms with van der Waals surface area (Å²) < 4.78 is 11.8. The number of epoxide rings is 1. The fourth-order valence-corrected chi connectivity index (χ4v) is 4.13. The van der Waals surface area contributed by atoms with Crippen LogP contribution >= 0.6 is 0 Å². The van der Waals surface area contributed by atoms with Crippen LogP contribution in [-0.4, -0.2) is 17.2 Å². The molecule has 3 nitrogen and oxygen atoms in total. The number of hydrogen-bond acceptors (Lipinski definition) is 3. The fourth-order valence-electron chi connectivity index (χ4n) is 4.13. The molecule has 0 bridgehead atoms. The third-order valence-electron chi connectivity index (χ3n) is 5.18. The maximum atomic E-state index is 12.2. The van der Waals surface area contributed by atoms with Crippen molar-refractivity contribution in [2.45, 2.75) is 56.3 Å². The Hall–Kier alpha value is -1.35. The fraction of sp³-hybridized carbons (Fsp3) is 0.562. The van der Waals surface area contributed by atoms with Crippen molar-refractivity contribution in [3.63, 3.8) is 0 Å². The van der Waals surface area contributed by atoms with E-state index in [1.807, 2.05) is 6.92 Å². The number of esters is 1. The molecule has 1 aromatic rings. The minimum absolute atomic E-state index is 0.185. The number of hydrogen-bond donors (Lipinski definition) is 0. The van der Waals surface area contributed by atoms with Gasteiger partial charge >= 0.3 is 5.97 Å². The molecule has 3 heteroatoms. The number of benzene rings is 1. The summed E-state index contributed by atoms with van der Waals surface area (Å²) in [5.41, 5.74) is 0.573. The normalized spacial score (nSPS) is 38.3. The molecule has 3 fully saturated rings. The van der Waals surface area contributed by atoms with Crippen LogP contribution < -0.4 is 0 Å². The Balaban J connectivity index is 1.88. The summed E-state index contributed by atoms with van der Waals surface area (Å²) in [5, 5.41) is 0. The largest absolute Gasteiger partial charge is 0.453 e. The highest BCUT2D eigenvalue weighted by Gasteiger charge is 2.88. The molecule has 1 aliphatic carbocycles. The second-order valence-electron chi connectivity index (χ2n) is 6.27. The number of fused-ring (bicyclic) bond motifs is 2. The molecule has 100 valence electrons. The van der Waals surface area contributed by atoms with Crippen LogP contribution in [0.2, 0.25) is 0 Å². The van der Waals surface area contributed by atoms with E-state index in [2.05, 4.69) is 31.2 Å². The second kappa shape index (κ2) is 3.21. The van der Waals surface area contributed by atoms with Crippen LogP contribution in [-0.2, 0) is 19.9 Å². The van der Waals surface area contributed by atoms with Gasteiger partial charge in [-0.25, -0.2) is 4.79 Å². The monoisotopic (exact) mass is 258 g/mol. The van der Waals surface area contributed by atoms with Crippen LogP contribution in [0.4, 0.5) is 0 Å². The number of carbonyl (C=O) groups excluding carboxylic acids is 1. The van der Waals surface area contributed by atoms with Gasteiger partial charge in [0, 0.05) is 0 Å². The Morgan fingerprint density at radius 3 is 2.32 bits per heavy atom. The van der Waals surface area contributed by atoms with Crippen LogP contribution in [0.25, 0.3) is 0 Å². The van der Waals surface area contributed by atoms with Gasteiger partial charge in [0.25, 0.3) is 0 Å². The van der Waals surface area contributed by atoms with Crippen LogP contribution in [0, 0.1) is 6.92 Å². The summed E-state index contributed by atoms with van der Waals surface area (Å²) in [7, 11) is 0. The second-order valence-corrected chi connectivity index (χ2v) is 6.27. The SMILES string of the molecule is Cc1ccc([C@]23O[C@@]2(C)C(=O)OC32CCCC2)cc1. The Labute approximate surface area is 112 Å². The maximum Gasteiger partial charge on any atom is 0.342 e.